The Hall–Kier alpha value is -4.47. The molecule has 0 aliphatic carbocycles. The number of ether oxygens (including phenoxy) is 2. The molecule has 0 unspecified atom stereocenters. The molecular weight excluding hydrogens is 500 g/mol. The van der Waals surface area contributed by atoms with E-state index in [0.29, 0.717) is 17.1 Å². The van der Waals surface area contributed by atoms with Crippen molar-refractivity contribution in [2.75, 3.05) is 18.1 Å². The van der Waals surface area contributed by atoms with Crippen LogP contribution >= 0.6 is 0 Å². The van der Waals surface area contributed by atoms with Gasteiger partial charge in [-0.25, -0.2) is 9.78 Å². The van der Waals surface area contributed by atoms with Gasteiger partial charge in [-0.2, -0.15) is 13.7 Å². The Bertz CT molecular complexity index is 1450. The van der Waals surface area contributed by atoms with Crippen molar-refractivity contribution in [2.45, 2.75) is 24.0 Å². The minimum absolute atomic E-state index is 0.0741. The second kappa shape index (κ2) is 10.7. The first-order valence-electron chi connectivity index (χ1n) is 11.1. The molecule has 2 aliphatic heterocycles. The van der Waals surface area contributed by atoms with E-state index in [1.54, 1.807) is 41.4 Å². The number of carbonyl (C=O) groups excluding carboxylic acids is 2. The van der Waals surface area contributed by atoms with Crippen molar-refractivity contribution < 1.29 is 32.0 Å². The topological polar surface area (TPSA) is 159 Å². The molecule has 5 rings (SSSR count). The normalized spacial score (nSPS) is 17.6. The standard InChI is InChI=1S/C19H16N4O4.C6H6O3S/c1-11(24)21-9-18-16-10-26-17-6-12(13-2-4-14(7-20)22-8-13)3-5-15(17)23(16)19(25)27-18;7-10(8,9)6-4-2-1-3-5-6/h2-6,8,16,18H,9-10H2,1H3,(H,21,24);1-5H,(H,7,8,9)/t16-,18-;/m0./s1. The second-order valence-electron chi connectivity index (χ2n) is 8.12. The zero-order chi connectivity index (χ0) is 26.6. The molecule has 1 fully saturated rings. The van der Waals surface area contributed by atoms with Gasteiger partial charge in [0.05, 0.1) is 17.1 Å². The molecule has 1 aromatic heterocycles. The molecule has 3 aromatic rings. The highest BCUT2D eigenvalue weighted by Gasteiger charge is 2.46. The SMILES string of the molecule is CC(=O)NC[C@@H]1OC(=O)N2c3ccc(-c4ccc(C#N)nc4)cc3OC[C@@H]12.O=S(=O)(O)c1ccccc1. The van der Waals surface area contributed by atoms with Crippen LogP contribution in [0.3, 0.4) is 0 Å². The largest absolute Gasteiger partial charge is 0.489 e. The third-order valence-electron chi connectivity index (χ3n) is 5.64. The molecule has 0 bridgehead atoms. The number of benzene rings is 2. The molecule has 2 aliphatic rings. The monoisotopic (exact) mass is 522 g/mol. The molecular formula is C25H22N4O7S. The number of pyridine rings is 1. The number of nitriles is 1. The third-order valence-corrected chi connectivity index (χ3v) is 6.51. The van der Waals surface area contributed by atoms with Gasteiger partial charge in [0.2, 0.25) is 5.91 Å². The van der Waals surface area contributed by atoms with Gasteiger partial charge in [0.1, 0.15) is 36.3 Å². The molecule has 2 N–H and O–H groups in total. The average molecular weight is 523 g/mol. The summed E-state index contributed by atoms with van der Waals surface area (Å²) in [4.78, 5) is 29.1. The van der Waals surface area contributed by atoms with E-state index >= 15 is 0 Å². The first-order chi connectivity index (χ1) is 17.7. The van der Waals surface area contributed by atoms with Crippen LogP contribution in [-0.2, 0) is 19.6 Å². The van der Waals surface area contributed by atoms with E-state index in [9.17, 15) is 18.0 Å². The Balaban J connectivity index is 0.000000270. The number of rotatable bonds is 4. The number of fused-ring (bicyclic) bond motifs is 3. The Morgan fingerprint density at radius 1 is 1.19 bits per heavy atom. The number of nitrogens with zero attached hydrogens (tertiary/aromatic N) is 3. The quantitative estimate of drug-likeness (QED) is 0.491. The first-order valence-corrected chi connectivity index (χ1v) is 12.5. The number of carbonyl (C=O) groups is 2. The van der Waals surface area contributed by atoms with Gasteiger partial charge in [0, 0.05) is 18.7 Å². The van der Waals surface area contributed by atoms with Crippen molar-refractivity contribution in [3.8, 4) is 22.9 Å². The van der Waals surface area contributed by atoms with Gasteiger partial charge in [-0.1, -0.05) is 24.3 Å². The summed E-state index contributed by atoms with van der Waals surface area (Å²) in [6.45, 7) is 1.94. The van der Waals surface area contributed by atoms with Crippen LogP contribution in [0.2, 0.25) is 0 Å². The summed E-state index contributed by atoms with van der Waals surface area (Å²) < 4.78 is 40.5. The highest BCUT2D eigenvalue weighted by molar-refractivity contribution is 7.85. The van der Waals surface area contributed by atoms with E-state index < -0.39 is 22.3 Å². The number of hydrogen-bond donors (Lipinski definition) is 2. The maximum absolute atomic E-state index is 12.3. The van der Waals surface area contributed by atoms with Gasteiger partial charge in [0.15, 0.2) is 0 Å². The highest BCUT2D eigenvalue weighted by atomic mass is 32.2. The molecule has 0 spiro atoms. The van der Waals surface area contributed by atoms with Gasteiger partial charge >= 0.3 is 6.09 Å². The van der Waals surface area contributed by atoms with E-state index in [4.69, 9.17) is 19.3 Å². The number of hydrogen-bond acceptors (Lipinski definition) is 8. The van der Waals surface area contributed by atoms with Crippen LogP contribution in [-0.4, -0.2) is 55.3 Å². The lowest BCUT2D eigenvalue weighted by atomic mass is 10.0. The van der Waals surface area contributed by atoms with E-state index in [0.717, 1.165) is 11.1 Å². The van der Waals surface area contributed by atoms with Crippen molar-refractivity contribution in [1.29, 1.82) is 5.26 Å². The number of amides is 2. The van der Waals surface area contributed by atoms with Gasteiger partial charge in [-0.15, -0.1) is 0 Å². The minimum Gasteiger partial charge on any atom is -0.489 e. The predicted octanol–water partition coefficient (Wildman–Crippen LogP) is 2.78. The van der Waals surface area contributed by atoms with Crippen LogP contribution in [0, 0.1) is 11.3 Å². The number of aromatic nitrogens is 1. The second-order valence-corrected chi connectivity index (χ2v) is 9.54. The molecule has 2 amide bonds. The Morgan fingerprint density at radius 2 is 1.92 bits per heavy atom. The Kier molecular flexibility index (Phi) is 7.37. The maximum Gasteiger partial charge on any atom is 0.415 e. The number of cyclic esters (lactones) is 1. The fraction of sp³-hybridized carbons (Fsp3) is 0.200. The molecule has 3 heterocycles. The lowest BCUT2D eigenvalue weighted by molar-refractivity contribution is -0.119. The number of anilines is 1. The van der Waals surface area contributed by atoms with E-state index in [1.165, 1.54) is 19.1 Å². The lowest BCUT2D eigenvalue weighted by Crippen LogP contribution is -2.47. The van der Waals surface area contributed by atoms with Crippen molar-refractivity contribution in [1.82, 2.24) is 10.3 Å². The zero-order valence-corrected chi connectivity index (χ0v) is 20.4. The van der Waals surface area contributed by atoms with Crippen molar-refractivity contribution in [3.05, 3.63) is 72.6 Å². The summed E-state index contributed by atoms with van der Waals surface area (Å²) in [5.74, 6) is 0.396. The summed E-state index contributed by atoms with van der Waals surface area (Å²) >= 11 is 0. The van der Waals surface area contributed by atoms with Crippen LogP contribution < -0.4 is 15.0 Å². The molecule has 190 valence electrons. The van der Waals surface area contributed by atoms with Gasteiger partial charge < -0.3 is 14.8 Å². The number of nitrogens with one attached hydrogen (secondary N) is 1. The van der Waals surface area contributed by atoms with Crippen LogP contribution in [0.1, 0.15) is 12.6 Å². The van der Waals surface area contributed by atoms with Crippen molar-refractivity contribution >= 4 is 27.8 Å². The fourth-order valence-electron chi connectivity index (χ4n) is 3.85. The Labute approximate surface area is 213 Å². The molecule has 11 nitrogen and oxygen atoms in total. The lowest BCUT2D eigenvalue weighted by Gasteiger charge is -2.31. The Morgan fingerprint density at radius 3 is 2.51 bits per heavy atom. The van der Waals surface area contributed by atoms with Crippen LogP contribution in [0.4, 0.5) is 10.5 Å². The van der Waals surface area contributed by atoms with Crippen LogP contribution in [0.5, 0.6) is 5.75 Å². The molecule has 2 atom stereocenters. The molecule has 12 heteroatoms. The summed E-state index contributed by atoms with van der Waals surface area (Å²) in [6.07, 6.45) is 0.712. The van der Waals surface area contributed by atoms with E-state index in [2.05, 4.69) is 10.3 Å². The summed E-state index contributed by atoms with van der Waals surface area (Å²) in [6, 6.07) is 18.1. The molecule has 0 saturated carbocycles. The van der Waals surface area contributed by atoms with Crippen molar-refractivity contribution in [2.24, 2.45) is 0 Å². The van der Waals surface area contributed by atoms with Crippen molar-refractivity contribution in [3.63, 3.8) is 0 Å². The van der Waals surface area contributed by atoms with Crippen LogP contribution in [0.15, 0.2) is 71.8 Å². The minimum atomic E-state index is -4.00. The van der Waals surface area contributed by atoms with Crippen LogP contribution in [0.25, 0.3) is 11.1 Å². The van der Waals surface area contributed by atoms with E-state index in [-0.39, 0.29) is 30.0 Å². The van der Waals surface area contributed by atoms with Gasteiger partial charge in [-0.05, 0) is 42.0 Å². The summed E-state index contributed by atoms with van der Waals surface area (Å²) in [5.41, 5.74) is 2.69. The third kappa shape index (κ3) is 5.85. The smallest absolute Gasteiger partial charge is 0.415 e. The summed E-state index contributed by atoms with van der Waals surface area (Å²) in [5, 5.41) is 11.5. The van der Waals surface area contributed by atoms with Gasteiger partial charge in [-0.3, -0.25) is 14.2 Å². The van der Waals surface area contributed by atoms with E-state index in [1.807, 2.05) is 24.3 Å². The van der Waals surface area contributed by atoms with Gasteiger partial charge in [0.25, 0.3) is 10.1 Å². The highest BCUT2D eigenvalue weighted by Crippen LogP contribution is 2.40. The predicted molar refractivity (Wildman–Crippen MR) is 131 cm³/mol. The average Bonchev–Trinajstić information content (AvgIpc) is 3.23. The molecule has 0 radical (unpaired) electrons. The molecule has 1 saturated heterocycles. The molecule has 37 heavy (non-hydrogen) atoms. The molecule has 2 aromatic carbocycles. The zero-order valence-electron chi connectivity index (χ0n) is 19.6. The maximum atomic E-state index is 12.3. The summed E-state index contributed by atoms with van der Waals surface area (Å²) in [7, 11) is -4.00. The fourth-order valence-corrected chi connectivity index (χ4v) is 4.36. The first kappa shape index (κ1) is 25.6.